The molecule has 7 heavy (non-hydrogen) atoms. The molecule has 0 aromatic heterocycles. The van der Waals surface area contributed by atoms with Crippen LogP contribution < -0.4 is 10.9 Å². The number of carboxylic acids is 1. The maximum Gasteiger partial charge on any atom is 0.323 e. The summed E-state index contributed by atoms with van der Waals surface area (Å²) >= 11 is 0. The van der Waals surface area contributed by atoms with Crippen LogP contribution in [0, 0.1) is 0 Å². The molecule has 1 aliphatic heterocycles. The summed E-state index contributed by atoms with van der Waals surface area (Å²) < 4.78 is 0. The highest BCUT2D eigenvalue weighted by atomic mass is 16.4. The summed E-state index contributed by atoms with van der Waals surface area (Å²) in [5.74, 6) is -0.793. The maximum atomic E-state index is 9.88. The van der Waals surface area contributed by atoms with Gasteiger partial charge in [-0.1, -0.05) is 0 Å². The Balaban J connectivity index is 2.27. The molecule has 1 aliphatic rings. The van der Waals surface area contributed by atoms with Crippen LogP contribution in [0.4, 0.5) is 0 Å². The predicted octanol–water partition coefficient (Wildman–Crippen LogP) is -1.45. The number of hydrazine groups is 1. The van der Waals surface area contributed by atoms with Gasteiger partial charge in [0.15, 0.2) is 0 Å². The average molecular weight is 102 g/mol. The largest absolute Gasteiger partial charge is 0.480 e. The van der Waals surface area contributed by atoms with Crippen LogP contribution >= 0.6 is 0 Å². The van der Waals surface area contributed by atoms with Crippen LogP contribution in [-0.2, 0) is 4.79 Å². The van der Waals surface area contributed by atoms with Crippen molar-refractivity contribution in [2.45, 2.75) is 6.04 Å². The van der Waals surface area contributed by atoms with Gasteiger partial charge in [-0.3, -0.25) is 10.2 Å². The second kappa shape index (κ2) is 1.48. The van der Waals surface area contributed by atoms with E-state index in [9.17, 15) is 4.79 Å². The third-order valence-corrected chi connectivity index (χ3v) is 0.881. The fourth-order valence-corrected chi connectivity index (χ4v) is 0.353. The molecule has 0 aromatic rings. The molecule has 0 bridgehead atoms. The number of carbonyl (C=O) groups is 1. The quantitative estimate of drug-likeness (QED) is 0.379. The van der Waals surface area contributed by atoms with E-state index in [0.717, 1.165) is 0 Å². The highest BCUT2D eigenvalue weighted by molar-refractivity contribution is 5.74. The van der Waals surface area contributed by atoms with Crippen molar-refractivity contribution in [2.75, 3.05) is 6.54 Å². The minimum absolute atomic E-state index is 0.361. The van der Waals surface area contributed by atoms with Gasteiger partial charge in [-0.15, -0.1) is 0 Å². The molecule has 0 aromatic carbocycles. The number of nitrogens with one attached hydrogen (secondary N) is 2. The van der Waals surface area contributed by atoms with Gasteiger partial charge in [0.1, 0.15) is 6.04 Å². The Labute approximate surface area is 40.5 Å². The summed E-state index contributed by atoms with van der Waals surface area (Å²) in [7, 11) is 0. The van der Waals surface area contributed by atoms with E-state index in [-0.39, 0.29) is 6.04 Å². The molecule has 1 atom stereocenters. The zero-order valence-electron chi connectivity index (χ0n) is 3.64. The lowest BCUT2D eigenvalue weighted by molar-refractivity contribution is -0.141. The van der Waals surface area contributed by atoms with Crippen LogP contribution in [0.3, 0.4) is 0 Å². The topological polar surface area (TPSA) is 61.4 Å². The Morgan fingerprint density at radius 3 is 2.43 bits per heavy atom. The minimum atomic E-state index is -0.793. The smallest absolute Gasteiger partial charge is 0.323 e. The Morgan fingerprint density at radius 1 is 1.86 bits per heavy atom. The first kappa shape index (κ1) is 4.55. The van der Waals surface area contributed by atoms with Gasteiger partial charge in [-0.05, 0) is 0 Å². The predicted molar refractivity (Wildman–Crippen MR) is 22.6 cm³/mol. The van der Waals surface area contributed by atoms with E-state index >= 15 is 0 Å². The molecule has 0 radical (unpaired) electrons. The van der Waals surface area contributed by atoms with Crippen molar-refractivity contribution in [3.8, 4) is 0 Å². The van der Waals surface area contributed by atoms with Gasteiger partial charge >= 0.3 is 5.97 Å². The molecule has 1 heterocycles. The summed E-state index contributed by atoms with van der Waals surface area (Å²) in [5.41, 5.74) is 5.11. The minimum Gasteiger partial charge on any atom is -0.480 e. The van der Waals surface area contributed by atoms with Gasteiger partial charge < -0.3 is 5.11 Å². The molecule has 0 spiro atoms. The first-order valence-corrected chi connectivity index (χ1v) is 2.02. The van der Waals surface area contributed by atoms with Crippen LogP contribution in [0.2, 0.25) is 0 Å². The Bertz CT molecular complexity index is 88.9. The molecular weight excluding hydrogens is 96.0 g/mol. The van der Waals surface area contributed by atoms with Crippen LogP contribution in [0.15, 0.2) is 0 Å². The molecule has 0 saturated carbocycles. The first-order valence-electron chi connectivity index (χ1n) is 2.02. The van der Waals surface area contributed by atoms with E-state index in [0.29, 0.717) is 6.54 Å². The Morgan fingerprint density at radius 2 is 2.43 bits per heavy atom. The van der Waals surface area contributed by atoms with E-state index in [1.165, 1.54) is 0 Å². The average Bonchev–Trinajstić information content (AvgIpc) is 1.23. The maximum absolute atomic E-state index is 9.88. The van der Waals surface area contributed by atoms with Gasteiger partial charge in [0.2, 0.25) is 0 Å². The summed E-state index contributed by atoms with van der Waals surface area (Å²) in [5, 5.41) is 8.13. The van der Waals surface area contributed by atoms with Gasteiger partial charge in [-0.2, -0.15) is 0 Å². The highest BCUT2D eigenvalue weighted by Crippen LogP contribution is 1.85. The normalized spacial score (nSPS) is 28.9. The van der Waals surface area contributed by atoms with Gasteiger partial charge in [0, 0.05) is 6.54 Å². The van der Waals surface area contributed by atoms with E-state index in [1.807, 2.05) is 0 Å². The van der Waals surface area contributed by atoms with Gasteiger partial charge in [0.05, 0.1) is 0 Å². The first-order chi connectivity index (χ1) is 3.30. The lowest BCUT2D eigenvalue weighted by atomic mass is 10.3. The Hall–Kier alpha value is -0.610. The number of rotatable bonds is 1. The summed E-state index contributed by atoms with van der Waals surface area (Å²) in [6.45, 7) is 0.537. The monoisotopic (exact) mass is 102 g/mol. The second-order valence-electron chi connectivity index (χ2n) is 1.42. The fourth-order valence-electron chi connectivity index (χ4n) is 0.353. The van der Waals surface area contributed by atoms with E-state index in [4.69, 9.17) is 5.11 Å². The molecule has 4 heteroatoms. The molecule has 1 saturated heterocycles. The van der Waals surface area contributed by atoms with Crippen molar-refractivity contribution in [1.82, 2.24) is 10.9 Å². The van der Waals surface area contributed by atoms with Gasteiger partial charge in [-0.25, -0.2) is 5.43 Å². The number of hydrogen-bond acceptors (Lipinski definition) is 3. The molecule has 1 fully saturated rings. The van der Waals surface area contributed by atoms with E-state index in [1.54, 1.807) is 0 Å². The molecule has 1 rings (SSSR count). The number of aliphatic carboxylic acids is 1. The summed E-state index contributed by atoms with van der Waals surface area (Å²) in [6.07, 6.45) is 0. The van der Waals surface area contributed by atoms with Crippen LogP contribution in [0.25, 0.3) is 0 Å². The van der Waals surface area contributed by atoms with Gasteiger partial charge in [0.25, 0.3) is 0 Å². The third kappa shape index (κ3) is 0.703. The second-order valence-corrected chi connectivity index (χ2v) is 1.42. The van der Waals surface area contributed by atoms with Crippen molar-refractivity contribution in [1.29, 1.82) is 0 Å². The van der Waals surface area contributed by atoms with E-state index < -0.39 is 5.97 Å². The van der Waals surface area contributed by atoms with Crippen molar-refractivity contribution >= 4 is 5.97 Å². The molecule has 0 amide bonds. The lowest BCUT2D eigenvalue weighted by Crippen LogP contribution is -2.62. The van der Waals surface area contributed by atoms with Crippen LogP contribution in [-0.4, -0.2) is 23.7 Å². The molecule has 3 N–H and O–H groups in total. The zero-order chi connectivity index (χ0) is 5.28. The molecule has 1 unspecified atom stereocenters. The van der Waals surface area contributed by atoms with Crippen molar-refractivity contribution < 1.29 is 9.90 Å². The standard InChI is InChI=1S/C3H6N2O2/c6-3(7)2-1-4-5-2/h2,4-5H,1H2,(H,6,7). The van der Waals surface area contributed by atoms with Crippen LogP contribution in [0.5, 0.6) is 0 Å². The SMILES string of the molecule is O=C(O)C1CNN1. The van der Waals surface area contributed by atoms with Crippen molar-refractivity contribution in [2.24, 2.45) is 0 Å². The number of hydrogen-bond donors (Lipinski definition) is 3. The third-order valence-electron chi connectivity index (χ3n) is 0.881. The summed E-state index contributed by atoms with van der Waals surface area (Å²) in [6, 6.07) is -0.361. The lowest BCUT2D eigenvalue weighted by Gasteiger charge is -2.24. The fraction of sp³-hybridized carbons (Fsp3) is 0.667. The Kier molecular flexibility index (Phi) is 0.958. The highest BCUT2D eigenvalue weighted by Gasteiger charge is 2.22. The molecule has 4 nitrogen and oxygen atoms in total. The molecule has 40 valence electrons. The van der Waals surface area contributed by atoms with E-state index in [2.05, 4.69) is 10.9 Å². The summed E-state index contributed by atoms with van der Waals surface area (Å²) in [4.78, 5) is 9.88. The molecule has 0 aliphatic carbocycles. The van der Waals surface area contributed by atoms with Crippen molar-refractivity contribution in [3.63, 3.8) is 0 Å². The van der Waals surface area contributed by atoms with Crippen molar-refractivity contribution in [3.05, 3.63) is 0 Å². The number of carboxylic acid groups (broad SMARTS) is 1. The van der Waals surface area contributed by atoms with Crippen LogP contribution in [0.1, 0.15) is 0 Å². The zero-order valence-corrected chi connectivity index (χ0v) is 3.64. The molecular formula is C3H6N2O2.